The molecule has 0 bridgehead atoms. The largest absolute Gasteiger partial charge is 0.421 e. The van der Waals surface area contributed by atoms with Gasteiger partial charge in [-0.3, -0.25) is 0 Å². The molecule has 8 rings (SSSR count). The molecule has 0 saturated carbocycles. The second-order valence-electron chi connectivity index (χ2n) is 12.4. The summed E-state index contributed by atoms with van der Waals surface area (Å²) in [6.07, 6.45) is 0. The van der Waals surface area contributed by atoms with E-state index >= 15 is 0 Å². The summed E-state index contributed by atoms with van der Waals surface area (Å²) in [4.78, 5) is 12.1. The molecule has 0 spiro atoms. The fourth-order valence-electron chi connectivity index (χ4n) is 7.17. The maximum absolute atomic E-state index is 6.23. The van der Waals surface area contributed by atoms with E-state index in [1.165, 1.54) is 38.8 Å². The van der Waals surface area contributed by atoms with Crippen LogP contribution in [0.5, 0.6) is 11.8 Å². The second kappa shape index (κ2) is 12.3. The lowest BCUT2D eigenvalue weighted by molar-refractivity contribution is 0.446. The number of rotatable bonds is 6. The number of benzene rings is 5. The minimum Gasteiger partial charge on any atom is -0.421 e. The number of nitrogens with zero attached hydrogens (tertiary/aromatic N) is 3. The summed E-state index contributed by atoms with van der Waals surface area (Å²) in [5.74, 6) is 1.00. The Morgan fingerprint density at radius 3 is 1.77 bits per heavy atom. The van der Waals surface area contributed by atoms with Crippen molar-refractivity contribution in [3.63, 3.8) is 0 Å². The zero-order valence-corrected chi connectivity index (χ0v) is 27.3. The van der Waals surface area contributed by atoms with E-state index in [0.717, 1.165) is 33.9 Å². The smallest absolute Gasteiger partial charge is 0.247 e. The number of anilines is 3. The maximum atomic E-state index is 6.23. The molecule has 4 nitrogen and oxygen atoms in total. The van der Waals surface area contributed by atoms with Gasteiger partial charge < -0.3 is 9.64 Å². The normalized spacial score (nSPS) is 12.0. The zero-order chi connectivity index (χ0) is 32.6. The molecule has 48 heavy (non-hydrogen) atoms. The molecule has 0 unspecified atom stereocenters. The first-order chi connectivity index (χ1) is 23.5. The number of ether oxygens (including phenoxy) is 1. The van der Waals surface area contributed by atoms with Crippen LogP contribution in [-0.2, 0) is 0 Å². The molecule has 0 N–H and O–H groups in total. The van der Waals surface area contributed by atoms with Gasteiger partial charge in [0.15, 0.2) is 0 Å². The lowest BCUT2D eigenvalue weighted by Gasteiger charge is -2.38. The predicted molar refractivity (Wildman–Crippen MR) is 199 cm³/mol. The molecule has 0 saturated heterocycles. The fourth-order valence-corrected chi connectivity index (χ4v) is 7.17. The van der Waals surface area contributed by atoms with Gasteiger partial charge in [-0.1, -0.05) is 125 Å². The number of hydrogen-bond acceptors (Lipinski definition) is 4. The number of aromatic nitrogens is 2. The van der Waals surface area contributed by atoms with E-state index < -0.39 is 0 Å². The molecule has 0 atom stereocenters. The summed E-state index contributed by atoms with van der Waals surface area (Å²) in [6.45, 7) is 6.76. The summed E-state index contributed by atoms with van der Waals surface area (Å²) >= 11 is 0. The SMILES string of the molecule is Cc1cc(C)c(B2c3ccccc3N(c3ccccc3)c3cc(-c4cccc(Oc5cccc(-c6ccccc6)n5)n4)ccc32)c(C)c1. The molecule has 1 aliphatic heterocycles. The highest BCUT2D eigenvalue weighted by molar-refractivity contribution is 6.98. The average molecular weight is 620 g/mol. The van der Waals surface area contributed by atoms with Gasteiger partial charge in [0, 0.05) is 40.3 Å². The molecule has 1 aliphatic rings. The predicted octanol–water partition coefficient (Wildman–Crippen LogP) is 8.83. The van der Waals surface area contributed by atoms with Crippen molar-refractivity contribution in [2.24, 2.45) is 0 Å². The fraction of sp³-hybridized carbons (Fsp3) is 0.0698. The number of fused-ring (bicyclic) bond motifs is 2. The first-order valence-electron chi connectivity index (χ1n) is 16.4. The van der Waals surface area contributed by atoms with Crippen LogP contribution in [0.2, 0.25) is 0 Å². The average Bonchev–Trinajstić information content (AvgIpc) is 3.12. The van der Waals surface area contributed by atoms with Gasteiger partial charge in [-0.15, -0.1) is 0 Å². The molecule has 230 valence electrons. The minimum absolute atomic E-state index is 0.0939. The van der Waals surface area contributed by atoms with E-state index in [1.807, 2.05) is 66.7 Å². The van der Waals surface area contributed by atoms with Crippen LogP contribution in [0.25, 0.3) is 22.5 Å². The van der Waals surface area contributed by atoms with Gasteiger partial charge in [0.1, 0.15) is 0 Å². The molecule has 0 aliphatic carbocycles. The number of pyridine rings is 2. The van der Waals surface area contributed by atoms with Crippen LogP contribution in [0.3, 0.4) is 0 Å². The zero-order valence-electron chi connectivity index (χ0n) is 27.3. The van der Waals surface area contributed by atoms with Gasteiger partial charge in [-0.25, -0.2) is 9.97 Å². The first kappa shape index (κ1) is 29.5. The highest BCUT2D eigenvalue weighted by Gasteiger charge is 2.36. The lowest BCUT2D eigenvalue weighted by atomic mass is 9.34. The van der Waals surface area contributed by atoms with Crippen molar-refractivity contribution in [2.75, 3.05) is 4.90 Å². The highest BCUT2D eigenvalue weighted by atomic mass is 16.5. The Kier molecular flexibility index (Phi) is 7.58. The summed E-state index contributed by atoms with van der Waals surface area (Å²) in [5.41, 5.74) is 15.0. The van der Waals surface area contributed by atoms with Crippen molar-refractivity contribution in [2.45, 2.75) is 20.8 Å². The van der Waals surface area contributed by atoms with E-state index in [1.54, 1.807) is 0 Å². The molecule has 7 aromatic rings. The maximum Gasteiger partial charge on any atom is 0.247 e. The van der Waals surface area contributed by atoms with Gasteiger partial charge in [0.05, 0.1) is 11.4 Å². The Morgan fingerprint density at radius 1 is 0.500 bits per heavy atom. The molecule has 0 radical (unpaired) electrons. The Morgan fingerprint density at radius 2 is 1.08 bits per heavy atom. The lowest BCUT2D eigenvalue weighted by Crippen LogP contribution is -2.58. The Hall–Kier alpha value is -5.94. The van der Waals surface area contributed by atoms with Crippen LogP contribution in [0.15, 0.2) is 152 Å². The van der Waals surface area contributed by atoms with Crippen LogP contribution < -0.4 is 26.0 Å². The summed E-state index contributed by atoms with van der Waals surface area (Å²) in [5, 5.41) is 0. The van der Waals surface area contributed by atoms with Gasteiger partial charge in [0.2, 0.25) is 18.5 Å². The molecular formula is C43H34BN3O. The van der Waals surface area contributed by atoms with Crippen LogP contribution in [0.4, 0.5) is 17.1 Å². The summed E-state index contributed by atoms with van der Waals surface area (Å²) in [6, 6.07) is 52.7. The van der Waals surface area contributed by atoms with Gasteiger partial charge >= 0.3 is 0 Å². The van der Waals surface area contributed by atoms with E-state index in [2.05, 4.69) is 111 Å². The summed E-state index contributed by atoms with van der Waals surface area (Å²) < 4.78 is 6.23. The number of aryl methyl sites for hydroxylation is 3. The third kappa shape index (κ3) is 5.43. The van der Waals surface area contributed by atoms with Crippen LogP contribution in [-0.4, -0.2) is 16.7 Å². The first-order valence-corrected chi connectivity index (χ1v) is 16.4. The van der Waals surface area contributed by atoms with Gasteiger partial charge in [-0.2, -0.15) is 0 Å². The summed E-state index contributed by atoms with van der Waals surface area (Å²) in [7, 11) is 0. The molecule has 0 fully saturated rings. The van der Waals surface area contributed by atoms with Gasteiger partial charge in [-0.05, 0) is 68.1 Å². The van der Waals surface area contributed by atoms with E-state index in [9.17, 15) is 0 Å². The molecule has 0 amide bonds. The number of para-hydroxylation sites is 2. The van der Waals surface area contributed by atoms with Crippen LogP contribution in [0, 0.1) is 20.8 Å². The Bertz CT molecular complexity index is 2250. The van der Waals surface area contributed by atoms with Crippen LogP contribution in [0.1, 0.15) is 16.7 Å². The highest BCUT2D eigenvalue weighted by Crippen LogP contribution is 2.38. The quantitative estimate of drug-likeness (QED) is 0.174. The van der Waals surface area contributed by atoms with Crippen LogP contribution >= 0.6 is 0 Å². The minimum atomic E-state index is 0.0939. The Balaban J connectivity index is 1.24. The molecule has 3 heterocycles. The van der Waals surface area contributed by atoms with E-state index in [0.29, 0.717) is 11.8 Å². The molecule has 5 heteroatoms. The Labute approximate surface area is 282 Å². The third-order valence-corrected chi connectivity index (χ3v) is 9.13. The van der Waals surface area contributed by atoms with Crippen molar-refractivity contribution in [1.82, 2.24) is 9.97 Å². The second-order valence-corrected chi connectivity index (χ2v) is 12.4. The van der Waals surface area contributed by atoms with Crippen molar-refractivity contribution in [1.29, 1.82) is 0 Å². The molecule has 5 aromatic carbocycles. The number of hydrogen-bond donors (Lipinski definition) is 0. The van der Waals surface area contributed by atoms with E-state index in [4.69, 9.17) is 14.7 Å². The van der Waals surface area contributed by atoms with Crippen molar-refractivity contribution >= 4 is 40.2 Å². The van der Waals surface area contributed by atoms with Crippen molar-refractivity contribution in [3.05, 3.63) is 168 Å². The van der Waals surface area contributed by atoms with Crippen molar-refractivity contribution in [3.8, 4) is 34.3 Å². The topological polar surface area (TPSA) is 38.2 Å². The van der Waals surface area contributed by atoms with Gasteiger partial charge in [0.25, 0.3) is 0 Å². The molecular weight excluding hydrogens is 585 g/mol. The standard InChI is InChI=1S/C43H34BN3O/c1-29-26-30(2)43(31(3)27-29)44-35-18-10-11-21-39(35)47(34-16-8-5-9-17-34)40-28-33(24-25-36(40)44)38-20-13-23-42(46-38)48-41-22-12-19-37(45-41)32-14-6-4-7-15-32/h4-28H,1-3H3. The molecule has 2 aromatic heterocycles. The van der Waals surface area contributed by atoms with E-state index in [-0.39, 0.29) is 6.71 Å². The monoisotopic (exact) mass is 619 g/mol. The third-order valence-electron chi connectivity index (χ3n) is 9.13. The van der Waals surface area contributed by atoms with Crippen molar-refractivity contribution < 1.29 is 4.74 Å².